The Hall–Kier alpha value is -3.00. The Morgan fingerprint density at radius 3 is 1.70 bits per heavy atom. The predicted octanol–water partition coefficient (Wildman–Crippen LogP) is 8.66. The summed E-state index contributed by atoms with van der Waals surface area (Å²) in [5, 5.41) is 5.69. The van der Waals surface area contributed by atoms with Crippen molar-refractivity contribution in [3.05, 3.63) is 139 Å². The van der Waals surface area contributed by atoms with Crippen LogP contribution in [0, 0.1) is 5.92 Å². The van der Waals surface area contributed by atoms with Crippen molar-refractivity contribution >= 4 is 44.3 Å². The summed E-state index contributed by atoms with van der Waals surface area (Å²) >= 11 is 3.76. The maximum absolute atomic E-state index is 12.4. The number of carbonyl (C=O) groups is 1. The van der Waals surface area contributed by atoms with Crippen molar-refractivity contribution in [2.45, 2.75) is 32.6 Å². The number of aryl methyl sites for hydroxylation is 1. The molecule has 0 saturated carbocycles. The lowest BCUT2D eigenvalue weighted by Crippen LogP contribution is -2.23. The highest BCUT2D eigenvalue weighted by molar-refractivity contribution is 9.40. The zero-order valence-corrected chi connectivity index (χ0v) is 23.9. The molecule has 0 fully saturated rings. The number of carbonyl (C=O) groups excluding carboxylic acids is 1. The highest BCUT2D eigenvalue weighted by atomic mass is 79.9. The number of unbranched alkanes of at least 4 members (excludes halogenated alkanes) is 1. The van der Waals surface area contributed by atoms with E-state index < -0.39 is 0 Å². The van der Waals surface area contributed by atoms with Gasteiger partial charge >= 0.3 is 0 Å². The predicted molar refractivity (Wildman–Crippen MR) is 165 cm³/mol. The van der Waals surface area contributed by atoms with E-state index in [0.29, 0.717) is 0 Å². The summed E-state index contributed by atoms with van der Waals surface area (Å²) in [5.74, 6) is -0.0746. The SMILES string of the molecule is BrP(c1ccccc1)c1ccccc1.C=C(C)C(CCCCc1ccccc1)C(=O)Nc1ccccc1. The molecule has 0 aliphatic rings. The molecule has 1 amide bonds. The van der Waals surface area contributed by atoms with Crippen molar-refractivity contribution in [1.82, 2.24) is 0 Å². The van der Waals surface area contributed by atoms with Crippen LogP contribution in [0.1, 0.15) is 31.7 Å². The molecule has 0 saturated heterocycles. The maximum Gasteiger partial charge on any atom is 0.231 e. The molecule has 0 radical (unpaired) electrons. The van der Waals surface area contributed by atoms with Crippen molar-refractivity contribution in [1.29, 1.82) is 0 Å². The molecule has 37 heavy (non-hydrogen) atoms. The van der Waals surface area contributed by atoms with Crippen LogP contribution in [-0.2, 0) is 11.2 Å². The fourth-order valence-electron chi connectivity index (χ4n) is 3.94. The van der Waals surface area contributed by atoms with Crippen molar-refractivity contribution in [3.63, 3.8) is 0 Å². The average Bonchev–Trinajstić information content (AvgIpc) is 2.95. The lowest BCUT2D eigenvalue weighted by Gasteiger charge is -2.17. The second kappa shape index (κ2) is 16.0. The van der Waals surface area contributed by atoms with Gasteiger partial charge in [0.2, 0.25) is 5.91 Å². The summed E-state index contributed by atoms with van der Waals surface area (Å²) in [7, 11) is 0. The summed E-state index contributed by atoms with van der Waals surface area (Å²) in [6.45, 7) is 5.57. The molecule has 1 unspecified atom stereocenters. The minimum Gasteiger partial charge on any atom is -0.326 e. The first-order chi connectivity index (χ1) is 18.0. The Bertz CT molecular complexity index is 1160. The van der Waals surface area contributed by atoms with Crippen LogP contribution < -0.4 is 15.9 Å². The van der Waals surface area contributed by atoms with E-state index >= 15 is 0 Å². The number of anilines is 1. The summed E-state index contributed by atoms with van der Waals surface area (Å²) in [6, 6.07) is 41.1. The first-order valence-corrected chi connectivity index (χ1v) is 16.0. The van der Waals surface area contributed by atoms with Crippen LogP contribution in [0.5, 0.6) is 0 Å². The number of hydrogen-bond donors (Lipinski definition) is 1. The summed E-state index contributed by atoms with van der Waals surface area (Å²) in [5.41, 5.74) is 3.12. The van der Waals surface area contributed by atoms with Gasteiger partial charge in [-0.25, -0.2) is 0 Å². The van der Waals surface area contributed by atoms with Gasteiger partial charge in [-0.05, 0) is 70.0 Å². The molecule has 0 spiro atoms. The minimum atomic E-state index is -0.358. The van der Waals surface area contributed by atoms with E-state index in [1.165, 1.54) is 16.2 Å². The molecule has 1 N–H and O–H groups in total. The van der Waals surface area contributed by atoms with Crippen LogP contribution in [-0.4, -0.2) is 5.91 Å². The number of hydrogen-bond acceptors (Lipinski definition) is 1. The summed E-state index contributed by atoms with van der Waals surface area (Å²) in [4.78, 5) is 12.4. The monoisotopic (exact) mass is 571 g/mol. The molecule has 0 aliphatic carbocycles. The Balaban J connectivity index is 0.000000231. The number of para-hydroxylation sites is 1. The third-order valence-electron chi connectivity index (χ3n) is 5.97. The molecule has 0 bridgehead atoms. The van der Waals surface area contributed by atoms with E-state index in [1.54, 1.807) is 0 Å². The van der Waals surface area contributed by atoms with Crippen LogP contribution >= 0.6 is 22.1 Å². The zero-order valence-electron chi connectivity index (χ0n) is 21.4. The molecule has 2 nitrogen and oxygen atoms in total. The van der Waals surface area contributed by atoms with Crippen molar-refractivity contribution < 1.29 is 4.79 Å². The average molecular weight is 573 g/mol. The summed E-state index contributed by atoms with van der Waals surface area (Å²) < 4.78 is 0. The van der Waals surface area contributed by atoms with Crippen LogP contribution in [0.3, 0.4) is 0 Å². The Morgan fingerprint density at radius 1 is 0.757 bits per heavy atom. The number of amides is 1. The van der Waals surface area contributed by atoms with Gasteiger partial charge in [0.1, 0.15) is 0 Å². The second-order valence-corrected chi connectivity index (χ2v) is 12.7. The lowest BCUT2D eigenvalue weighted by atomic mass is 9.93. The minimum absolute atomic E-state index is 0.0448. The quantitative estimate of drug-likeness (QED) is 0.115. The third-order valence-corrected chi connectivity index (χ3v) is 9.93. The zero-order chi connectivity index (χ0) is 26.3. The van der Waals surface area contributed by atoms with Gasteiger partial charge < -0.3 is 5.32 Å². The standard InChI is InChI=1S/C21H25NO.C12H10BrP/c1-17(2)20(21(23)22-19-14-7-4-8-15-19)16-10-9-13-18-11-5-3-6-12-18;13-14(11-7-3-1-4-8-11)12-9-5-2-6-10-12/h3-8,11-12,14-15,20H,1,9-10,13,16H2,2H3,(H,22,23);1-10H. The van der Waals surface area contributed by atoms with Crippen LogP contribution in [0.2, 0.25) is 0 Å². The van der Waals surface area contributed by atoms with Crippen LogP contribution in [0.25, 0.3) is 0 Å². The normalized spacial score (nSPS) is 11.2. The van der Waals surface area contributed by atoms with E-state index in [9.17, 15) is 4.79 Å². The molecular formula is C33H35BrNOP. The number of rotatable bonds is 10. The molecule has 4 aromatic carbocycles. The van der Waals surface area contributed by atoms with E-state index in [-0.39, 0.29) is 18.4 Å². The fourth-order valence-corrected chi connectivity index (χ4v) is 6.53. The number of benzene rings is 4. The number of nitrogens with one attached hydrogen (secondary N) is 1. The largest absolute Gasteiger partial charge is 0.326 e. The highest BCUT2D eigenvalue weighted by Crippen LogP contribution is 2.41. The second-order valence-electron chi connectivity index (χ2n) is 8.94. The summed E-state index contributed by atoms with van der Waals surface area (Å²) in [6.07, 6.45) is 4.02. The molecule has 0 heterocycles. The maximum atomic E-state index is 12.4. The van der Waals surface area contributed by atoms with Crippen molar-refractivity contribution in [3.8, 4) is 0 Å². The Labute approximate surface area is 231 Å². The Kier molecular flexibility index (Phi) is 12.3. The van der Waals surface area contributed by atoms with Crippen LogP contribution in [0.15, 0.2) is 133 Å². The van der Waals surface area contributed by atoms with Gasteiger partial charge in [0.15, 0.2) is 0 Å². The lowest BCUT2D eigenvalue weighted by molar-refractivity contribution is -0.119. The van der Waals surface area contributed by atoms with E-state index in [4.69, 9.17) is 0 Å². The van der Waals surface area contributed by atoms with E-state index in [0.717, 1.165) is 36.9 Å². The van der Waals surface area contributed by atoms with Crippen LogP contribution in [0.4, 0.5) is 5.69 Å². The molecule has 190 valence electrons. The van der Waals surface area contributed by atoms with Gasteiger partial charge in [-0.2, -0.15) is 0 Å². The fraction of sp³-hybridized carbons (Fsp3) is 0.182. The Morgan fingerprint density at radius 2 is 1.22 bits per heavy atom. The van der Waals surface area contributed by atoms with Gasteiger partial charge in [-0.1, -0.05) is 128 Å². The van der Waals surface area contributed by atoms with Gasteiger partial charge in [0.05, 0.1) is 5.92 Å². The highest BCUT2D eigenvalue weighted by Gasteiger charge is 2.18. The van der Waals surface area contributed by atoms with Gasteiger partial charge in [0, 0.05) is 12.3 Å². The molecule has 4 heteroatoms. The first-order valence-electron chi connectivity index (χ1n) is 12.7. The van der Waals surface area contributed by atoms with Gasteiger partial charge in [-0.15, -0.1) is 0 Å². The van der Waals surface area contributed by atoms with Crippen molar-refractivity contribution in [2.24, 2.45) is 5.92 Å². The molecule has 0 aliphatic heterocycles. The molecule has 0 aromatic heterocycles. The third kappa shape index (κ3) is 10.1. The van der Waals surface area contributed by atoms with E-state index in [1.807, 2.05) is 55.5 Å². The topological polar surface area (TPSA) is 29.1 Å². The van der Waals surface area contributed by atoms with Gasteiger partial charge in [-0.3, -0.25) is 4.79 Å². The molecule has 4 rings (SSSR count). The van der Waals surface area contributed by atoms with Crippen molar-refractivity contribution in [2.75, 3.05) is 5.32 Å². The van der Waals surface area contributed by atoms with E-state index in [2.05, 4.69) is 100 Å². The smallest absolute Gasteiger partial charge is 0.231 e. The van der Waals surface area contributed by atoms with Gasteiger partial charge in [0.25, 0.3) is 0 Å². The molecular weight excluding hydrogens is 537 g/mol. The number of halogens is 1. The first kappa shape index (κ1) is 28.6. The molecule has 4 aromatic rings. The molecule has 1 atom stereocenters.